The highest BCUT2D eigenvalue weighted by Crippen LogP contribution is 2.21. The standard InChI is InChI=1S/C18H21N3O5/c1-2-25-14-5-3-12(4-6-14)17-19-15(26-20-17)7-8-16(22)21-10-9-13(11-21)18(23)24/h3-6,13H,2,7-11H2,1H3,(H,23,24)/t13-/m0/s1. The van der Waals surface area contributed by atoms with Crippen LogP contribution in [0.5, 0.6) is 5.75 Å². The third-order valence-corrected chi connectivity index (χ3v) is 4.33. The molecule has 1 aliphatic heterocycles. The Balaban J connectivity index is 1.54. The summed E-state index contributed by atoms with van der Waals surface area (Å²) in [6.45, 7) is 3.28. The fourth-order valence-electron chi connectivity index (χ4n) is 2.90. The van der Waals surface area contributed by atoms with Gasteiger partial charge in [-0.2, -0.15) is 4.98 Å². The van der Waals surface area contributed by atoms with Crippen LogP contribution >= 0.6 is 0 Å². The third-order valence-electron chi connectivity index (χ3n) is 4.33. The second kappa shape index (κ2) is 7.99. The topological polar surface area (TPSA) is 106 Å². The Morgan fingerprint density at radius 2 is 2.12 bits per heavy atom. The highest BCUT2D eigenvalue weighted by molar-refractivity contribution is 5.78. The molecule has 1 fully saturated rings. The van der Waals surface area contributed by atoms with Gasteiger partial charge in [0.25, 0.3) is 0 Å². The number of carbonyl (C=O) groups is 2. The molecule has 1 N–H and O–H groups in total. The number of carboxylic acids is 1. The van der Waals surface area contributed by atoms with E-state index in [1.54, 1.807) is 4.90 Å². The number of carbonyl (C=O) groups excluding carboxylic acids is 1. The molecule has 8 nitrogen and oxygen atoms in total. The Morgan fingerprint density at radius 3 is 2.77 bits per heavy atom. The van der Waals surface area contributed by atoms with Gasteiger partial charge in [0.1, 0.15) is 5.75 Å². The molecule has 1 aliphatic rings. The summed E-state index contributed by atoms with van der Waals surface area (Å²) in [4.78, 5) is 29.1. The molecule has 0 saturated carbocycles. The minimum Gasteiger partial charge on any atom is -0.494 e. The summed E-state index contributed by atoms with van der Waals surface area (Å²) >= 11 is 0. The molecule has 3 rings (SSSR count). The van der Waals surface area contributed by atoms with Crippen LogP contribution in [0.4, 0.5) is 0 Å². The van der Waals surface area contributed by atoms with Crippen LogP contribution in [0.3, 0.4) is 0 Å². The van der Waals surface area contributed by atoms with Crippen molar-refractivity contribution in [1.82, 2.24) is 15.0 Å². The van der Waals surface area contributed by atoms with Crippen LogP contribution in [0.25, 0.3) is 11.4 Å². The summed E-state index contributed by atoms with van der Waals surface area (Å²) in [5.74, 6) is 0.218. The third kappa shape index (κ3) is 4.19. The van der Waals surface area contributed by atoms with E-state index in [0.29, 0.717) is 37.7 Å². The Bertz CT molecular complexity index is 771. The van der Waals surface area contributed by atoms with Crippen molar-refractivity contribution >= 4 is 11.9 Å². The zero-order valence-corrected chi connectivity index (χ0v) is 14.6. The number of nitrogens with zero attached hydrogens (tertiary/aromatic N) is 3. The first-order valence-electron chi connectivity index (χ1n) is 8.63. The first kappa shape index (κ1) is 17.9. The van der Waals surface area contributed by atoms with Crippen LogP contribution in [-0.4, -0.2) is 51.7 Å². The number of rotatable bonds is 7. The van der Waals surface area contributed by atoms with Crippen LogP contribution in [0.2, 0.25) is 0 Å². The molecule has 2 heterocycles. The summed E-state index contributed by atoms with van der Waals surface area (Å²) in [6, 6.07) is 7.37. The van der Waals surface area contributed by atoms with Gasteiger partial charge >= 0.3 is 5.97 Å². The number of aromatic nitrogens is 2. The zero-order valence-electron chi connectivity index (χ0n) is 14.6. The van der Waals surface area contributed by atoms with E-state index in [4.69, 9.17) is 14.4 Å². The lowest BCUT2D eigenvalue weighted by Crippen LogP contribution is -2.30. The monoisotopic (exact) mass is 359 g/mol. The number of hydrogen-bond donors (Lipinski definition) is 1. The van der Waals surface area contributed by atoms with Gasteiger partial charge in [-0.05, 0) is 37.6 Å². The Kier molecular flexibility index (Phi) is 5.50. The normalized spacial score (nSPS) is 16.7. The maximum atomic E-state index is 12.2. The molecule has 0 unspecified atom stereocenters. The van der Waals surface area contributed by atoms with E-state index in [-0.39, 0.29) is 18.9 Å². The number of likely N-dealkylation sites (tertiary alicyclic amines) is 1. The van der Waals surface area contributed by atoms with Gasteiger partial charge < -0.3 is 19.3 Å². The fraction of sp³-hybridized carbons (Fsp3) is 0.444. The van der Waals surface area contributed by atoms with Crippen molar-refractivity contribution in [3.05, 3.63) is 30.2 Å². The molecule has 2 aromatic rings. The lowest BCUT2D eigenvalue weighted by Gasteiger charge is -2.14. The van der Waals surface area contributed by atoms with E-state index >= 15 is 0 Å². The molecular formula is C18H21N3O5. The van der Waals surface area contributed by atoms with Gasteiger partial charge in [0.15, 0.2) is 0 Å². The van der Waals surface area contributed by atoms with Crippen molar-refractivity contribution in [2.45, 2.75) is 26.2 Å². The summed E-state index contributed by atoms with van der Waals surface area (Å²) in [7, 11) is 0. The van der Waals surface area contributed by atoms with Crippen molar-refractivity contribution < 1.29 is 24.0 Å². The Morgan fingerprint density at radius 1 is 1.35 bits per heavy atom. The van der Waals surface area contributed by atoms with Gasteiger partial charge in [0.05, 0.1) is 12.5 Å². The van der Waals surface area contributed by atoms with E-state index in [1.807, 2.05) is 31.2 Å². The molecule has 1 aromatic carbocycles. The fourth-order valence-corrected chi connectivity index (χ4v) is 2.90. The number of aryl methyl sites for hydroxylation is 1. The number of aliphatic carboxylic acids is 1. The van der Waals surface area contributed by atoms with E-state index in [0.717, 1.165) is 11.3 Å². The number of hydrogen-bond acceptors (Lipinski definition) is 6. The zero-order chi connectivity index (χ0) is 18.5. The molecule has 1 atom stereocenters. The smallest absolute Gasteiger partial charge is 0.308 e. The predicted molar refractivity (Wildman–Crippen MR) is 91.5 cm³/mol. The van der Waals surface area contributed by atoms with Crippen molar-refractivity contribution in [3.8, 4) is 17.1 Å². The summed E-state index contributed by atoms with van der Waals surface area (Å²) < 4.78 is 10.6. The van der Waals surface area contributed by atoms with E-state index in [2.05, 4.69) is 10.1 Å². The van der Waals surface area contributed by atoms with Crippen molar-refractivity contribution in [3.63, 3.8) is 0 Å². The van der Waals surface area contributed by atoms with E-state index in [1.165, 1.54) is 0 Å². The van der Waals surface area contributed by atoms with Crippen molar-refractivity contribution in [1.29, 1.82) is 0 Å². The van der Waals surface area contributed by atoms with Gasteiger partial charge in [-0.3, -0.25) is 9.59 Å². The lowest BCUT2D eigenvalue weighted by atomic mass is 10.1. The Hall–Kier alpha value is -2.90. The molecule has 0 radical (unpaired) electrons. The summed E-state index contributed by atoms with van der Waals surface area (Å²) in [5, 5.41) is 12.9. The second-order valence-corrected chi connectivity index (χ2v) is 6.13. The molecule has 1 amide bonds. The van der Waals surface area contributed by atoms with Crippen LogP contribution in [0, 0.1) is 5.92 Å². The number of carboxylic acid groups (broad SMARTS) is 1. The van der Waals surface area contributed by atoms with E-state index < -0.39 is 11.9 Å². The van der Waals surface area contributed by atoms with Crippen molar-refractivity contribution in [2.24, 2.45) is 5.92 Å². The average Bonchev–Trinajstić information content (AvgIpc) is 3.30. The Labute approximate surface area is 150 Å². The largest absolute Gasteiger partial charge is 0.494 e. The van der Waals surface area contributed by atoms with Gasteiger partial charge in [-0.1, -0.05) is 5.16 Å². The molecule has 0 aliphatic carbocycles. The quantitative estimate of drug-likeness (QED) is 0.806. The average molecular weight is 359 g/mol. The van der Waals surface area contributed by atoms with E-state index in [9.17, 15) is 9.59 Å². The van der Waals surface area contributed by atoms with Gasteiger partial charge in [-0.15, -0.1) is 0 Å². The molecule has 0 bridgehead atoms. The first-order valence-corrected chi connectivity index (χ1v) is 8.63. The molecule has 26 heavy (non-hydrogen) atoms. The van der Waals surface area contributed by atoms with Crippen molar-refractivity contribution in [2.75, 3.05) is 19.7 Å². The maximum Gasteiger partial charge on any atom is 0.308 e. The van der Waals surface area contributed by atoms with Crippen LogP contribution in [0.1, 0.15) is 25.7 Å². The molecule has 138 valence electrons. The highest BCUT2D eigenvalue weighted by Gasteiger charge is 2.30. The first-order chi connectivity index (χ1) is 12.6. The van der Waals surface area contributed by atoms with Crippen LogP contribution in [-0.2, 0) is 16.0 Å². The second-order valence-electron chi connectivity index (χ2n) is 6.13. The lowest BCUT2D eigenvalue weighted by molar-refractivity contribution is -0.141. The molecule has 1 saturated heterocycles. The minimum atomic E-state index is -0.850. The number of amides is 1. The SMILES string of the molecule is CCOc1ccc(-c2noc(CCC(=O)N3CC[C@H](C(=O)O)C3)n2)cc1. The maximum absolute atomic E-state index is 12.2. The van der Waals surface area contributed by atoms with Crippen LogP contribution < -0.4 is 4.74 Å². The van der Waals surface area contributed by atoms with Gasteiger partial charge in [-0.25, -0.2) is 0 Å². The molecular weight excluding hydrogens is 338 g/mol. The molecule has 0 spiro atoms. The minimum absolute atomic E-state index is 0.0884. The molecule has 1 aromatic heterocycles. The van der Waals surface area contributed by atoms with Crippen LogP contribution in [0.15, 0.2) is 28.8 Å². The number of benzene rings is 1. The summed E-state index contributed by atoms with van der Waals surface area (Å²) in [6.07, 6.45) is 1.05. The highest BCUT2D eigenvalue weighted by atomic mass is 16.5. The van der Waals surface area contributed by atoms with Gasteiger partial charge in [0.2, 0.25) is 17.6 Å². The molecule has 8 heteroatoms. The summed E-state index contributed by atoms with van der Waals surface area (Å²) in [5.41, 5.74) is 0.804. The predicted octanol–water partition coefficient (Wildman–Crippen LogP) is 2.00. The number of ether oxygens (including phenoxy) is 1. The van der Waals surface area contributed by atoms with Gasteiger partial charge in [0, 0.05) is 31.5 Å².